The van der Waals surface area contributed by atoms with Gasteiger partial charge in [-0.3, -0.25) is 0 Å². The lowest BCUT2D eigenvalue weighted by Gasteiger charge is -2.19. The zero-order valence-electron chi connectivity index (χ0n) is 20.3. The number of halogens is 3. The van der Waals surface area contributed by atoms with E-state index in [0.717, 1.165) is 51.4 Å². The Labute approximate surface area is 213 Å². The Morgan fingerprint density at radius 2 is 1.15 bits per heavy atom. The van der Waals surface area contributed by atoms with Crippen LogP contribution in [0.15, 0.2) is 6.07 Å². The number of amides is 4. The van der Waals surface area contributed by atoms with Gasteiger partial charge in [-0.1, -0.05) is 101 Å². The second kappa shape index (κ2) is 16.3. The van der Waals surface area contributed by atoms with Gasteiger partial charge in [-0.25, -0.2) is 9.59 Å². The van der Waals surface area contributed by atoms with E-state index in [1.54, 1.807) is 0 Å². The molecule has 0 bridgehead atoms. The fraction of sp³-hybridized carbons (Fsp3) is 0.667. The molecule has 0 aliphatic rings. The van der Waals surface area contributed by atoms with E-state index in [0.29, 0.717) is 24.9 Å². The monoisotopic (exact) mass is 520 g/mol. The summed E-state index contributed by atoms with van der Waals surface area (Å²) in [7, 11) is 0. The maximum atomic E-state index is 12.5. The Balaban J connectivity index is 2.79. The van der Waals surface area contributed by atoms with E-state index in [1.165, 1.54) is 6.07 Å². The SMILES string of the molecule is CCCCC(CC)CNC(=O)Nc1c(Cl)cc(Cl)c(NC(=O)NCC(CC)CCCC)c1Cl. The van der Waals surface area contributed by atoms with Gasteiger partial charge in [0.25, 0.3) is 0 Å². The molecule has 4 N–H and O–H groups in total. The molecule has 0 aliphatic carbocycles. The highest BCUT2D eigenvalue weighted by molar-refractivity contribution is 6.45. The largest absolute Gasteiger partial charge is 0.338 e. The number of carbonyl (C=O) groups excluding carboxylic acids is 2. The molecule has 0 aromatic heterocycles. The van der Waals surface area contributed by atoms with Crippen LogP contribution in [-0.4, -0.2) is 25.2 Å². The predicted molar refractivity (Wildman–Crippen MR) is 142 cm³/mol. The highest BCUT2D eigenvalue weighted by Crippen LogP contribution is 2.41. The van der Waals surface area contributed by atoms with Gasteiger partial charge in [0, 0.05) is 13.1 Å². The molecule has 2 unspecified atom stereocenters. The Morgan fingerprint density at radius 3 is 1.48 bits per heavy atom. The number of unbranched alkanes of at least 4 members (excludes halogenated alkanes) is 2. The third-order valence-corrected chi connectivity index (χ3v) is 6.81. The molecule has 0 fully saturated rings. The predicted octanol–water partition coefficient (Wildman–Crippen LogP) is 8.32. The van der Waals surface area contributed by atoms with Crippen LogP contribution in [-0.2, 0) is 0 Å². The second-order valence-corrected chi connectivity index (χ2v) is 9.60. The van der Waals surface area contributed by atoms with Gasteiger partial charge in [0.05, 0.1) is 26.4 Å². The van der Waals surface area contributed by atoms with Crippen LogP contribution in [0.3, 0.4) is 0 Å². The molecule has 0 heterocycles. The Kier molecular flexibility index (Phi) is 14.6. The molecule has 0 saturated heterocycles. The first-order valence-corrected chi connectivity index (χ1v) is 13.2. The van der Waals surface area contributed by atoms with Crippen molar-refractivity contribution in [3.05, 3.63) is 21.1 Å². The molecule has 2 atom stereocenters. The Hall–Kier alpha value is -1.37. The van der Waals surface area contributed by atoms with Crippen LogP contribution in [0.25, 0.3) is 0 Å². The molecule has 33 heavy (non-hydrogen) atoms. The van der Waals surface area contributed by atoms with Crippen LogP contribution in [0.4, 0.5) is 21.0 Å². The summed E-state index contributed by atoms with van der Waals surface area (Å²) in [6, 6.07) is 0.633. The van der Waals surface area contributed by atoms with Crippen molar-refractivity contribution >= 4 is 58.2 Å². The van der Waals surface area contributed by atoms with Crippen molar-refractivity contribution in [2.24, 2.45) is 11.8 Å². The van der Waals surface area contributed by atoms with Crippen molar-refractivity contribution < 1.29 is 9.59 Å². The summed E-state index contributed by atoms with van der Waals surface area (Å²) < 4.78 is 0. The van der Waals surface area contributed by atoms with Gasteiger partial charge in [0.1, 0.15) is 0 Å². The van der Waals surface area contributed by atoms with Gasteiger partial charge >= 0.3 is 12.1 Å². The third kappa shape index (κ3) is 10.6. The van der Waals surface area contributed by atoms with E-state index in [4.69, 9.17) is 34.8 Å². The first-order chi connectivity index (χ1) is 15.8. The zero-order chi connectivity index (χ0) is 24.8. The van der Waals surface area contributed by atoms with E-state index in [9.17, 15) is 9.59 Å². The summed E-state index contributed by atoms with van der Waals surface area (Å²) >= 11 is 19.0. The number of hydrogen-bond acceptors (Lipinski definition) is 2. The van der Waals surface area contributed by atoms with E-state index in [-0.39, 0.29) is 26.4 Å². The summed E-state index contributed by atoms with van der Waals surface area (Å²) in [6.07, 6.45) is 8.62. The van der Waals surface area contributed by atoms with Gasteiger partial charge in [0.2, 0.25) is 0 Å². The summed E-state index contributed by atoms with van der Waals surface area (Å²) in [6.45, 7) is 9.66. The molecule has 6 nitrogen and oxygen atoms in total. The van der Waals surface area contributed by atoms with Crippen LogP contribution in [0.5, 0.6) is 0 Å². The molecule has 0 spiro atoms. The molecule has 188 valence electrons. The van der Waals surface area contributed by atoms with E-state index < -0.39 is 12.1 Å². The highest BCUT2D eigenvalue weighted by Gasteiger charge is 2.19. The van der Waals surface area contributed by atoms with Gasteiger partial charge in [-0.2, -0.15) is 0 Å². The van der Waals surface area contributed by atoms with Gasteiger partial charge in [-0.15, -0.1) is 0 Å². The molecular weight excluding hydrogens is 483 g/mol. The fourth-order valence-electron chi connectivity index (χ4n) is 3.50. The fourth-order valence-corrected chi connectivity index (χ4v) is 4.45. The Bertz CT molecular complexity index is 703. The number of hydrogen-bond donors (Lipinski definition) is 4. The first kappa shape index (κ1) is 29.7. The van der Waals surface area contributed by atoms with Crippen molar-refractivity contribution in [3.8, 4) is 0 Å². The molecule has 0 aliphatic heterocycles. The van der Waals surface area contributed by atoms with E-state index >= 15 is 0 Å². The maximum absolute atomic E-state index is 12.5. The standard InChI is InChI=1S/C24H39Cl3N4O2/c1-5-9-11-16(7-3)14-28-23(32)30-21-18(25)13-19(26)22(20(21)27)31-24(33)29-15-17(8-4)12-10-6-2/h13,16-17H,5-12,14-15H2,1-4H3,(H2,28,30,32)(H2,29,31,33). The normalized spacial score (nSPS) is 12.7. The number of benzene rings is 1. The summed E-state index contributed by atoms with van der Waals surface area (Å²) in [5.74, 6) is 0.828. The van der Waals surface area contributed by atoms with Crippen LogP contribution in [0, 0.1) is 11.8 Å². The number of anilines is 2. The number of nitrogens with one attached hydrogen (secondary N) is 4. The van der Waals surface area contributed by atoms with Crippen molar-refractivity contribution in [2.75, 3.05) is 23.7 Å². The van der Waals surface area contributed by atoms with Crippen molar-refractivity contribution in [1.29, 1.82) is 0 Å². The lowest BCUT2D eigenvalue weighted by molar-refractivity contribution is 0.248. The smallest absolute Gasteiger partial charge is 0.319 e. The first-order valence-electron chi connectivity index (χ1n) is 12.0. The van der Waals surface area contributed by atoms with Crippen LogP contribution >= 0.6 is 34.8 Å². The molecule has 4 amide bonds. The van der Waals surface area contributed by atoms with E-state index in [2.05, 4.69) is 49.0 Å². The molecule has 0 saturated carbocycles. The third-order valence-electron chi connectivity index (χ3n) is 5.84. The van der Waals surface area contributed by atoms with Gasteiger partial charge in [0.15, 0.2) is 0 Å². The molecule has 9 heteroatoms. The lowest BCUT2D eigenvalue weighted by atomic mass is 9.99. The number of carbonyl (C=O) groups is 2. The van der Waals surface area contributed by atoms with Crippen molar-refractivity contribution in [2.45, 2.75) is 79.1 Å². The van der Waals surface area contributed by atoms with Crippen LogP contribution < -0.4 is 21.3 Å². The summed E-state index contributed by atoms with van der Waals surface area (Å²) in [5.41, 5.74) is 0.401. The van der Waals surface area contributed by atoms with E-state index in [1.807, 2.05) is 0 Å². The van der Waals surface area contributed by atoms with Crippen LogP contribution in [0.1, 0.15) is 79.1 Å². The molecule has 1 aromatic carbocycles. The molecule has 0 radical (unpaired) electrons. The highest BCUT2D eigenvalue weighted by atomic mass is 35.5. The van der Waals surface area contributed by atoms with Crippen LogP contribution in [0.2, 0.25) is 15.1 Å². The number of rotatable bonds is 14. The quantitative estimate of drug-likeness (QED) is 0.198. The Morgan fingerprint density at radius 1 is 0.758 bits per heavy atom. The van der Waals surface area contributed by atoms with Crippen molar-refractivity contribution in [1.82, 2.24) is 10.6 Å². The molecule has 1 aromatic rings. The number of urea groups is 2. The lowest BCUT2D eigenvalue weighted by Crippen LogP contribution is -2.34. The average Bonchev–Trinajstić information content (AvgIpc) is 2.79. The maximum Gasteiger partial charge on any atom is 0.319 e. The van der Waals surface area contributed by atoms with Gasteiger partial charge in [-0.05, 0) is 30.7 Å². The average molecular weight is 522 g/mol. The minimum absolute atomic E-state index is 0.0776. The molecular formula is C24H39Cl3N4O2. The molecule has 1 rings (SSSR count). The summed E-state index contributed by atoms with van der Waals surface area (Å²) in [4.78, 5) is 24.9. The van der Waals surface area contributed by atoms with Gasteiger partial charge < -0.3 is 21.3 Å². The summed E-state index contributed by atoms with van der Waals surface area (Å²) in [5, 5.41) is 11.6. The topological polar surface area (TPSA) is 82.3 Å². The minimum atomic E-state index is -0.409. The minimum Gasteiger partial charge on any atom is -0.338 e. The zero-order valence-corrected chi connectivity index (χ0v) is 22.5. The van der Waals surface area contributed by atoms with Crippen molar-refractivity contribution in [3.63, 3.8) is 0 Å². The second-order valence-electron chi connectivity index (χ2n) is 8.41.